The summed E-state index contributed by atoms with van der Waals surface area (Å²) in [6.45, 7) is 2.68. The van der Waals surface area contributed by atoms with Crippen LogP contribution in [0, 0.1) is 0 Å². The Kier molecular flexibility index (Phi) is 3.99. The molecule has 2 saturated heterocycles. The highest BCUT2D eigenvalue weighted by atomic mass is 16.4. The molecule has 1 atom stereocenters. The maximum atomic E-state index is 11.9. The van der Waals surface area contributed by atoms with Crippen LogP contribution < -0.4 is 0 Å². The second-order valence-electron chi connectivity index (χ2n) is 4.91. The monoisotopic (exact) mass is 240 g/mol. The lowest BCUT2D eigenvalue weighted by atomic mass is 10.1. The number of rotatable bonds is 3. The van der Waals surface area contributed by atoms with E-state index in [1.807, 2.05) is 9.80 Å². The highest BCUT2D eigenvalue weighted by Crippen LogP contribution is 2.18. The average Bonchev–Trinajstić information content (AvgIpc) is 2.40. The molecule has 0 aliphatic carbocycles. The van der Waals surface area contributed by atoms with Gasteiger partial charge in [0.25, 0.3) is 0 Å². The van der Waals surface area contributed by atoms with Gasteiger partial charge in [0.15, 0.2) is 0 Å². The molecule has 5 heteroatoms. The molecule has 0 aromatic rings. The van der Waals surface area contributed by atoms with E-state index in [0.717, 1.165) is 45.3 Å². The van der Waals surface area contributed by atoms with Crippen molar-refractivity contribution in [2.24, 2.45) is 0 Å². The average molecular weight is 240 g/mol. The number of hydrogen-bond donors (Lipinski definition) is 1. The van der Waals surface area contributed by atoms with Crippen LogP contribution in [0.3, 0.4) is 0 Å². The molecule has 5 nitrogen and oxygen atoms in total. The first-order valence-electron chi connectivity index (χ1n) is 6.43. The number of likely N-dealkylation sites (tertiary alicyclic amines) is 2. The van der Waals surface area contributed by atoms with Gasteiger partial charge in [-0.25, -0.2) is 0 Å². The van der Waals surface area contributed by atoms with E-state index in [2.05, 4.69) is 0 Å². The number of carbonyl (C=O) groups is 2. The van der Waals surface area contributed by atoms with E-state index >= 15 is 0 Å². The smallest absolute Gasteiger partial charge is 0.320 e. The number of carbonyl (C=O) groups excluding carboxylic acids is 1. The van der Waals surface area contributed by atoms with Gasteiger partial charge in [0.1, 0.15) is 6.04 Å². The quantitative estimate of drug-likeness (QED) is 0.782. The summed E-state index contributed by atoms with van der Waals surface area (Å²) >= 11 is 0. The Labute approximate surface area is 101 Å². The van der Waals surface area contributed by atoms with E-state index in [1.165, 1.54) is 0 Å². The van der Waals surface area contributed by atoms with E-state index in [1.54, 1.807) is 0 Å². The van der Waals surface area contributed by atoms with Gasteiger partial charge in [-0.15, -0.1) is 0 Å². The first kappa shape index (κ1) is 12.4. The summed E-state index contributed by atoms with van der Waals surface area (Å²) in [4.78, 5) is 26.7. The van der Waals surface area contributed by atoms with Crippen LogP contribution in [0.15, 0.2) is 0 Å². The molecule has 2 rings (SSSR count). The van der Waals surface area contributed by atoms with Gasteiger partial charge in [0.05, 0.1) is 6.54 Å². The second kappa shape index (κ2) is 5.49. The van der Waals surface area contributed by atoms with Gasteiger partial charge in [-0.1, -0.05) is 12.8 Å². The van der Waals surface area contributed by atoms with Crippen molar-refractivity contribution in [3.05, 3.63) is 0 Å². The maximum Gasteiger partial charge on any atom is 0.320 e. The highest BCUT2D eigenvalue weighted by Gasteiger charge is 2.30. The molecule has 1 amide bonds. The molecule has 0 radical (unpaired) electrons. The third kappa shape index (κ3) is 2.97. The third-order valence-corrected chi connectivity index (χ3v) is 3.70. The number of nitrogens with zero attached hydrogens (tertiary/aromatic N) is 2. The zero-order valence-electron chi connectivity index (χ0n) is 10.1. The molecule has 0 aromatic heterocycles. The number of carboxylic acids is 1. The van der Waals surface area contributed by atoms with Crippen molar-refractivity contribution in [1.82, 2.24) is 9.80 Å². The highest BCUT2D eigenvalue weighted by molar-refractivity contribution is 5.80. The zero-order valence-corrected chi connectivity index (χ0v) is 10.1. The number of carboxylic acid groups (broad SMARTS) is 1. The molecule has 0 bridgehead atoms. The van der Waals surface area contributed by atoms with Crippen molar-refractivity contribution in [3.8, 4) is 0 Å². The Morgan fingerprint density at radius 2 is 1.82 bits per heavy atom. The molecule has 0 spiro atoms. The van der Waals surface area contributed by atoms with Crippen LogP contribution in [0.1, 0.15) is 32.1 Å². The summed E-state index contributed by atoms with van der Waals surface area (Å²) in [5.74, 6) is -0.701. The first-order valence-corrected chi connectivity index (χ1v) is 6.43. The fraction of sp³-hybridized carbons (Fsp3) is 0.833. The zero-order chi connectivity index (χ0) is 12.3. The SMILES string of the molecule is O=C(O)C1CCCCCN1CC(=O)N1CCC1. The van der Waals surface area contributed by atoms with Crippen molar-refractivity contribution in [3.63, 3.8) is 0 Å². The van der Waals surface area contributed by atoms with E-state index in [-0.39, 0.29) is 12.5 Å². The predicted molar refractivity (Wildman–Crippen MR) is 62.7 cm³/mol. The molecular weight excluding hydrogens is 220 g/mol. The second-order valence-corrected chi connectivity index (χ2v) is 4.91. The minimum Gasteiger partial charge on any atom is -0.480 e. The summed E-state index contributed by atoms with van der Waals surface area (Å²) in [5, 5.41) is 9.19. The Morgan fingerprint density at radius 3 is 2.41 bits per heavy atom. The van der Waals surface area contributed by atoms with Gasteiger partial charge in [-0.2, -0.15) is 0 Å². The van der Waals surface area contributed by atoms with Gasteiger partial charge < -0.3 is 10.0 Å². The molecule has 2 aliphatic rings. The Morgan fingerprint density at radius 1 is 1.06 bits per heavy atom. The lowest BCUT2D eigenvalue weighted by Crippen LogP contribution is -2.50. The van der Waals surface area contributed by atoms with Gasteiger partial charge in [-0.05, 0) is 25.8 Å². The molecule has 0 aromatic carbocycles. The summed E-state index contributed by atoms with van der Waals surface area (Å²) in [6.07, 6.45) is 4.76. The van der Waals surface area contributed by atoms with Crippen LogP contribution in [-0.2, 0) is 9.59 Å². The standard InChI is InChI=1S/C12H20N2O3/c15-11(13-7-4-8-13)9-14-6-3-1-2-5-10(14)12(16)17/h10H,1-9H2,(H,16,17). The third-order valence-electron chi connectivity index (χ3n) is 3.70. The fourth-order valence-electron chi connectivity index (χ4n) is 2.48. The summed E-state index contributed by atoms with van der Waals surface area (Å²) in [7, 11) is 0. The first-order chi connectivity index (χ1) is 8.18. The van der Waals surface area contributed by atoms with Crippen molar-refractivity contribution >= 4 is 11.9 Å². The molecule has 2 aliphatic heterocycles. The summed E-state index contributed by atoms with van der Waals surface area (Å²) in [6, 6.07) is -0.470. The van der Waals surface area contributed by atoms with Gasteiger partial charge in [0, 0.05) is 13.1 Å². The molecule has 96 valence electrons. The molecule has 1 unspecified atom stereocenters. The maximum absolute atomic E-state index is 11.9. The molecular formula is C12H20N2O3. The van der Waals surface area contributed by atoms with E-state index in [9.17, 15) is 14.7 Å². The normalized spacial score (nSPS) is 26.1. The van der Waals surface area contributed by atoms with E-state index in [4.69, 9.17) is 0 Å². The van der Waals surface area contributed by atoms with E-state index in [0.29, 0.717) is 6.42 Å². The van der Waals surface area contributed by atoms with Crippen molar-refractivity contribution in [2.45, 2.75) is 38.1 Å². The van der Waals surface area contributed by atoms with Crippen molar-refractivity contribution < 1.29 is 14.7 Å². The minimum absolute atomic E-state index is 0.0874. The molecule has 2 fully saturated rings. The Hall–Kier alpha value is -1.10. The number of aliphatic carboxylic acids is 1. The van der Waals surface area contributed by atoms with Crippen LogP contribution in [0.2, 0.25) is 0 Å². The minimum atomic E-state index is -0.789. The molecule has 1 N–H and O–H groups in total. The Bertz CT molecular complexity index is 302. The van der Waals surface area contributed by atoms with Crippen molar-refractivity contribution in [2.75, 3.05) is 26.2 Å². The topological polar surface area (TPSA) is 60.9 Å². The summed E-state index contributed by atoms with van der Waals surface area (Å²) in [5.41, 5.74) is 0. The lowest BCUT2D eigenvalue weighted by Gasteiger charge is -2.34. The van der Waals surface area contributed by atoms with Gasteiger partial charge >= 0.3 is 5.97 Å². The van der Waals surface area contributed by atoms with Crippen LogP contribution in [0.4, 0.5) is 0 Å². The molecule has 2 heterocycles. The molecule has 0 saturated carbocycles. The van der Waals surface area contributed by atoms with Crippen LogP contribution in [0.25, 0.3) is 0 Å². The van der Waals surface area contributed by atoms with Crippen LogP contribution in [0.5, 0.6) is 0 Å². The largest absolute Gasteiger partial charge is 0.480 e. The number of amides is 1. The van der Waals surface area contributed by atoms with Gasteiger partial charge in [0.2, 0.25) is 5.91 Å². The fourth-order valence-corrected chi connectivity index (χ4v) is 2.48. The van der Waals surface area contributed by atoms with Gasteiger partial charge in [-0.3, -0.25) is 14.5 Å². The van der Waals surface area contributed by atoms with Crippen LogP contribution >= 0.6 is 0 Å². The Balaban J connectivity index is 1.94. The number of hydrogen-bond acceptors (Lipinski definition) is 3. The van der Waals surface area contributed by atoms with Crippen molar-refractivity contribution in [1.29, 1.82) is 0 Å². The molecule has 17 heavy (non-hydrogen) atoms. The predicted octanol–water partition coefficient (Wildman–Crippen LogP) is 0.548. The lowest BCUT2D eigenvalue weighted by molar-refractivity contribution is -0.145. The van der Waals surface area contributed by atoms with E-state index < -0.39 is 12.0 Å². The summed E-state index contributed by atoms with van der Waals surface area (Å²) < 4.78 is 0. The van der Waals surface area contributed by atoms with Crippen LogP contribution in [-0.4, -0.2) is 59.0 Å².